The Kier molecular flexibility index (Phi) is 4.47. The van der Waals surface area contributed by atoms with Crippen LogP contribution in [0.2, 0.25) is 0 Å². The van der Waals surface area contributed by atoms with E-state index in [0.717, 1.165) is 16.8 Å². The van der Waals surface area contributed by atoms with Crippen molar-refractivity contribution in [1.82, 2.24) is 20.0 Å². The number of aromatic nitrogens is 4. The molecular weight excluding hydrogens is 352 g/mol. The number of carbonyl (C=O) groups excluding carboxylic acids is 1. The van der Waals surface area contributed by atoms with Gasteiger partial charge >= 0.3 is 0 Å². The van der Waals surface area contributed by atoms with Crippen molar-refractivity contribution < 1.29 is 4.79 Å². The molecule has 2 aromatic heterocycles. The average molecular weight is 374 g/mol. The van der Waals surface area contributed by atoms with Crippen molar-refractivity contribution in [2.75, 3.05) is 5.32 Å². The van der Waals surface area contributed by atoms with Gasteiger partial charge in [0.25, 0.3) is 5.91 Å². The lowest BCUT2D eigenvalue weighted by molar-refractivity contribution is 0.102. The van der Waals surface area contributed by atoms with E-state index in [0.29, 0.717) is 30.8 Å². The molecule has 1 aliphatic carbocycles. The van der Waals surface area contributed by atoms with Crippen molar-refractivity contribution in [1.29, 1.82) is 5.26 Å². The first-order valence-corrected chi connectivity index (χ1v) is 9.30. The number of hydrogen-bond donors (Lipinski definition) is 2. The zero-order chi connectivity index (χ0) is 19.7. The Hall–Kier alpha value is -3.40. The number of anilines is 1. The Bertz CT molecular complexity index is 1040. The zero-order valence-electron chi connectivity index (χ0n) is 15.9. The first-order chi connectivity index (χ1) is 13.5. The normalized spacial score (nSPS) is 17.5. The highest BCUT2D eigenvalue weighted by molar-refractivity contribution is 6.04. The highest BCUT2D eigenvalue weighted by atomic mass is 16.2. The summed E-state index contributed by atoms with van der Waals surface area (Å²) in [5.74, 6) is -0.425. The third-order valence-electron chi connectivity index (χ3n) is 5.39. The van der Waals surface area contributed by atoms with Gasteiger partial charge in [0, 0.05) is 17.5 Å². The van der Waals surface area contributed by atoms with Crippen LogP contribution in [0.15, 0.2) is 42.7 Å². The number of carbonyl (C=O) groups is 1. The van der Waals surface area contributed by atoms with Gasteiger partial charge in [0.05, 0.1) is 30.4 Å². The Labute approximate surface area is 163 Å². The maximum absolute atomic E-state index is 12.8. The van der Waals surface area contributed by atoms with E-state index in [4.69, 9.17) is 0 Å². The predicted octanol–water partition coefficient (Wildman–Crippen LogP) is 3.17. The van der Waals surface area contributed by atoms with Crippen LogP contribution < -0.4 is 5.32 Å². The first kappa shape index (κ1) is 18.0. The Balaban J connectivity index is 1.49. The van der Waals surface area contributed by atoms with E-state index >= 15 is 0 Å². The van der Waals surface area contributed by atoms with Crippen LogP contribution in [0.25, 0.3) is 0 Å². The molecule has 0 radical (unpaired) electrons. The molecule has 4 rings (SSSR count). The Morgan fingerprint density at radius 2 is 2.18 bits per heavy atom. The molecule has 0 spiro atoms. The number of nitrogens with one attached hydrogen (secondary N) is 2. The number of fused-ring (bicyclic) bond motifs is 1. The summed E-state index contributed by atoms with van der Waals surface area (Å²) in [6.07, 6.45) is 4.66. The minimum absolute atomic E-state index is 0.138. The molecule has 7 heteroatoms. The summed E-state index contributed by atoms with van der Waals surface area (Å²) in [6, 6.07) is 12.4. The molecule has 2 N–H and O–H groups in total. The van der Waals surface area contributed by atoms with E-state index in [9.17, 15) is 10.1 Å². The van der Waals surface area contributed by atoms with E-state index in [1.54, 1.807) is 17.1 Å². The van der Waals surface area contributed by atoms with Crippen LogP contribution in [-0.2, 0) is 19.4 Å². The van der Waals surface area contributed by atoms with Crippen molar-refractivity contribution in [2.24, 2.45) is 11.3 Å². The van der Waals surface area contributed by atoms with E-state index in [1.165, 1.54) is 0 Å². The van der Waals surface area contributed by atoms with Crippen molar-refractivity contribution in [3.8, 4) is 6.07 Å². The summed E-state index contributed by atoms with van der Waals surface area (Å²) in [6.45, 7) is 4.78. The molecule has 1 atom stereocenters. The van der Waals surface area contributed by atoms with Crippen LogP contribution in [0.3, 0.4) is 0 Å². The van der Waals surface area contributed by atoms with Gasteiger partial charge in [-0.1, -0.05) is 44.2 Å². The number of nitrogens with zero attached hydrogens (tertiary/aromatic N) is 4. The van der Waals surface area contributed by atoms with Gasteiger partial charge in [-0.25, -0.2) is 0 Å². The number of amides is 1. The monoisotopic (exact) mass is 374 g/mol. The molecular formula is C21H22N6O. The van der Waals surface area contributed by atoms with Crippen LogP contribution in [0.4, 0.5) is 5.69 Å². The van der Waals surface area contributed by atoms with Crippen molar-refractivity contribution in [3.05, 3.63) is 65.2 Å². The quantitative estimate of drug-likeness (QED) is 0.732. The lowest BCUT2D eigenvalue weighted by Gasteiger charge is -2.33. The summed E-state index contributed by atoms with van der Waals surface area (Å²) >= 11 is 0. The number of benzene rings is 1. The van der Waals surface area contributed by atoms with Gasteiger partial charge in [-0.05, 0) is 23.8 Å². The fourth-order valence-corrected chi connectivity index (χ4v) is 3.71. The van der Waals surface area contributed by atoms with E-state index in [2.05, 4.69) is 40.5 Å². The largest absolute Gasteiger partial charge is 0.318 e. The second kappa shape index (κ2) is 6.97. The molecule has 0 saturated carbocycles. The minimum atomic E-state index is -0.284. The molecule has 142 valence electrons. The Morgan fingerprint density at radius 3 is 2.93 bits per heavy atom. The molecule has 2 heterocycles. The van der Waals surface area contributed by atoms with E-state index in [-0.39, 0.29) is 17.2 Å². The number of H-pyrrole nitrogens is 1. The summed E-state index contributed by atoms with van der Waals surface area (Å²) in [5, 5.41) is 23.9. The van der Waals surface area contributed by atoms with Crippen LogP contribution in [0.1, 0.15) is 41.2 Å². The standard InChI is InChI=1S/C21H22N6O/c1-21(2)9-18-17(8-15(21)10-22)19(26-25-18)20(28)24-16-11-23-27(13-16)12-14-6-4-3-5-7-14/h3-7,11,13,15H,8-9,12H2,1-2H3,(H,24,28)(H,25,26). The molecule has 1 unspecified atom stereocenters. The van der Waals surface area contributed by atoms with Crippen molar-refractivity contribution >= 4 is 11.6 Å². The summed E-state index contributed by atoms with van der Waals surface area (Å²) in [5.41, 5.74) is 3.77. The zero-order valence-corrected chi connectivity index (χ0v) is 15.9. The van der Waals surface area contributed by atoms with E-state index in [1.807, 2.05) is 30.3 Å². The summed E-state index contributed by atoms with van der Waals surface area (Å²) < 4.78 is 1.78. The van der Waals surface area contributed by atoms with Gasteiger partial charge in [0.1, 0.15) is 0 Å². The van der Waals surface area contributed by atoms with Gasteiger partial charge < -0.3 is 5.32 Å². The number of rotatable bonds is 4. The second-order valence-electron chi connectivity index (χ2n) is 7.95. The first-order valence-electron chi connectivity index (χ1n) is 9.30. The lowest BCUT2D eigenvalue weighted by Crippen LogP contribution is -2.32. The second-order valence-corrected chi connectivity index (χ2v) is 7.95. The smallest absolute Gasteiger partial charge is 0.276 e. The summed E-state index contributed by atoms with van der Waals surface area (Å²) in [7, 11) is 0. The van der Waals surface area contributed by atoms with Gasteiger partial charge in [0.15, 0.2) is 5.69 Å². The minimum Gasteiger partial charge on any atom is -0.318 e. The summed E-state index contributed by atoms with van der Waals surface area (Å²) in [4.78, 5) is 12.8. The fraction of sp³-hybridized carbons (Fsp3) is 0.333. The third-order valence-corrected chi connectivity index (χ3v) is 5.39. The number of nitriles is 1. The molecule has 1 aromatic carbocycles. The SMILES string of the molecule is CC1(C)Cc2[nH]nc(C(=O)Nc3cnn(Cc4ccccc4)c3)c2CC1C#N. The molecule has 0 saturated heterocycles. The van der Waals surface area contributed by atoms with Crippen LogP contribution in [0.5, 0.6) is 0 Å². The average Bonchev–Trinajstić information content (AvgIpc) is 3.27. The van der Waals surface area contributed by atoms with E-state index < -0.39 is 0 Å². The maximum Gasteiger partial charge on any atom is 0.276 e. The van der Waals surface area contributed by atoms with Gasteiger partial charge in [-0.15, -0.1) is 0 Å². The molecule has 0 fully saturated rings. The van der Waals surface area contributed by atoms with Crippen LogP contribution in [0, 0.1) is 22.7 Å². The number of hydrogen-bond acceptors (Lipinski definition) is 4. The van der Waals surface area contributed by atoms with Gasteiger partial charge in [-0.2, -0.15) is 15.5 Å². The highest BCUT2D eigenvalue weighted by Crippen LogP contribution is 2.39. The molecule has 0 bridgehead atoms. The van der Waals surface area contributed by atoms with Crippen LogP contribution in [-0.4, -0.2) is 25.9 Å². The predicted molar refractivity (Wildman–Crippen MR) is 105 cm³/mol. The van der Waals surface area contributed by atoms with Crippen molar-refractivity contribution in [2.45, 2.75) is 33.2 Å². The molecule has 1 aliphatic rings. The number of aromatic amines is 1. The Morgan fingerprint density at radius 1 is 1.39 bits per heavy atom. The third kappa shape index (κ3) is 3.41. The molecule has 1 amide bonds. The topological polar surface area (TPSA) is 99.4 Å². The molecule has 0 aliphatic heterocycles. The molecule has 28 heavy (non-hydrogen) atoms. The van der Waals surface area contributed by atoms with Gasteiger partial charge in [0.2, 0.25) is 0 Å². The highest BCUT2D eigenvalue weighted by Gasteiger charge is 2.38. The van der Waals surface area contributed by atoms with Crippen molar-refractivity contribution in [3.63, 3.8) is 0 Å². The van der Waals surface area contributed by atoms with Gasteiger partial charge in [-0.3, -0.25) is 14.6 Å². The fourth-order valence-electron chi connectivity index (χ4n) is 3.71. The molecule has 3 aromatic rings. The lowest BCUT2D eigenvalue weighted by atomic mass is 9.69. The van der Waals surface area contributed by atoms with Crippen LogP contribution >= 0.6 is 0 Å². The molecule has 7 nitrogen and oxygen atoms in total. The maximum atomic E-state index is 12.8.